The Hall–Kier alpha value is -1.95. The van der Waals surface area contributed by atoms with Crippen LogP contribution in [0, 0.1) is 5.92 Å². The number of carbonyl (C=O) groups is 3. The normalized spacial score (nSPS) is 27.4. The minimum atomic E-state index is -0.406. The lowest BCUT2D eigenvalue weighted by molar-refractivity contribution is -0.134. The molecule has 6 nitrogen and oxygen atoms in total. The highest BCUT2D eigenvalue weighted by molar-refractivity contribution is 6.00. The lowest BCUT2D eigenvalue weighted by Gasteiger charge is -2.25. The van der Waals surface area contributed by atoms with Gasteiger partial charge in [0, 0.05) is 24.6 Å². The number of nitrogens with two attached hydrogens (primary N) is 1. The molecule has 0 spiro atoms. The maximum atomic E-state index is 11.6. The Morgan fingerprint density at radius 1 is 1.47 bits per heavy atom. The van der Waals surface area contributed by atoms with Crippen LogP contribution in [0.3, 0.4) is 0 Å². The van der Waals surface area contributed by atoms with Crippen LogP contribution in [0.15, 0.2) is 23.4 Å². The van der Waals surface area contributed by atoms with Gasteiger partial charge in [0.2, 0.25) is 11.8 Å². The van der Waals surface area contributed by atoms with E-state index < -0.39 is 6.04 Å². The second kappa shape index (κ2) is 5.79. The van der Waals surface area contributed by atoms with Crippen LogP contribution in [0.4, 0.5) is 0 Å². The molecule has 0 saturated carbocycles. The van der Waals surface area contributed by atoms with Crippen LogP contribution in [-0.4, -0.2) is 30.7 Å². The Morgan fingerprint density at radius 2 is 2.26 bits per heavy atom. The van der Waals surface area contributed by atoms with Crippen LogP contribution in [-0.2, 0) is 14.4 Å². The number of carbonyl (C=O) groups excluding carboxylic acids is 3. The Morgan fingerprint density at radius 3 is 2.95 bits per heavy atom. The SMILES string of the molecule is NC1=C(CNC2CCC(=O)NC2=O)C(C=O)CC=C1. The molecule has 2 amide bonds. The van der Waals surface area contributed by atoms with Crippen molar-refractivity contribution in [1.82, 2.24) is 10.6 Å². The monoisotopic (exact) mass is 263 g/mol. The molecule has 2 unspecified atom stereocenters. The zero-order chi connectivity index (χ0) is 13.8. The standard InChI is InChI=1S/C13H17N3O3/c14-10-3-1-2-8(7-17)9(10)6-15-11-4-5-12(18)16-13(11)19/h1,3,7-8,11,15H,2,4-6,14H2,(H,16,18,19). The van der Waals surface area contributed by atoms with E-state index in [0.29, 0.717) is 31.5 Å². The summed E-state index contributed by atoms with van der Waals surface area (Å²) in [6, 6.07) is -0.406. The zero-order valence-corrected chi connectivity index (χ0v) is 10.5. The summed E-state index contributed by atoms with van der Waals surface area (Å²) in [5.74, 6) is -0.789. The molecule has 1 aliphatic heterocycles. The lowest BCUT2D eigenvalue weighted by atomic mass is 9.90. The van der Waals surface area contributed by atoms with Gasteiger partial charge in [-0.05, 0) is 24.5 Å². The first-order valence-corrected chi connectivity index (χ1v) is 6.29. The summed E-state index contributed by atoms with van der Waals surface area (Å²) in [5, 5.41) is 5.34. The van der Waals surface area contributed by atoms with E-state index in [2.05, 4.69) is 10.6 Å². The summed E-state index contributed by atoms with van der Waals surface area (Å²) in [4.78, 5) is 33.6. The molecule has 0 aromatic carbocycles. The van der Waals surface area contributed by atoms with Crippen molar-refractivity contribution in [1.29, 1.82) is 0 Å². The van der Waals surface area contributed by atoms with Crippen LogP contribution in [0.25, 0.3) is 0 Å². The summed E-state index contributed by atoms with van der Waals surface area (Å²) in [5.41, 5.74) is 7.24. The third kappa shape index (κ3) is 3.08. The van der Waals surface area contributed by atoms with Crippen LogP contribution in [0.2, 0.25) is 0 Å². The van der Waals surface area contributed by atoms with E-state index in [-0.39, 0.29) is 17.7 Å². The minimum Gasteiger partial charge on any atom is -0.399 e. The van der Waals surface area contributed by atoms with E-state index >= 15 is 0 Å². The van der Waals surface area contributed by atoms with Gasteiger partial charge in [0.05, 0.1) is 6.04 Å². The Labute approximate surface area is 111 Å². The number of aldehydes is 1. The third-order valence-electron chi connectivity index (χ3n) is 3.45. The van der Waals surface area contributed by atoms with Crippen LogP contribution < -0.4 is 16.4 Å². The van der Waals surface area contributed by atoms with Gasteiger partial charge >= 0.3 is 0 Å². The molecule has 2 atom stereocenters. The Bertz CT molecular complexity index is 468. The molecular formula is C13H17N3O3. The number of nitrogens with one attached hydrogen (secondary N) is 2. The van der Waals surface area contributed by atoms with Gasteiger partial charge in [0.25, 0.3) is 0 Å². The molecule has 0 aromatic rings. The topological polar surface area (TPSA) is 101 Å². The fourth-order valence-electron chi connectivity index (χ4n) is 2.30. The van der Waals surface area contributed by atoms with Crippen molar-refractivity contribution in [2.24, 2.45) is 11.7 Å². The van der Waals surface area contributed by atoms with Gasteiger partial charge in [-0.25, -0.2) is 0 Å². The summed E-state index contributed by atoms with van der Waals surface area (Å²) >= 11 is 0. The molecule has 2 aliphatic rings. The van der Waals surface area contributed by atoms with E-state index in [1.54, 1.807) is 6.08 Å². The molecule has 6 heteroatoms. The summed E-state index contributed by atoms with van der Waals surface area (Å²) < 4.78 is 0. The number of imide groups is 1. The van der Waals surface area contributed by atoms with E-state index in [4.69, 9.17) is 5.73 Å². The van der Waals surface area contributed by atoms with E-state index in [9.17, 15) is 14.4 Å². The minimum absolute atomic E-state index is 0.231. The van der Waals surface area contributed by atoms with Gasteiger partial charge in [-0.1, -0.05) is 6.08 Å². The summed E-state index contributed by atoms with van der Waals surface area (Å²) in [7, 11) is 0. The number of rotatable bonds is 4. The average molecular weight is 263 g/mol. The first kappa shape index (κ1) is 13.5. The first-order chi connectivity index (χ1) is 9.11. The van der Waals surface area contributed by atoms with Crippen molar-refractivity contribution >= 4 is 18.1 Å². The average Bonchev–Trinajstić information content (AvgIpc) is 2.39. The molecule has 1 fully saturated rings. The maximum Gasteiger partial charge on any atom is 0.243 e. The van der Waals surface area contributed by atoms with Crippen molar-refractivity contribution in [2.45, 2.75) is 25.3 Å². The molecule has 1 saturated heterocycles. The van der Waals surface area contributed by atoms with Gasteiger partial charge < -0.3 is 15.8 Å². The van der Waals surface area contributed by atoms with Gasteiger partial charge in [-0.15, -0.1) is 0 Å². The molecule has 1 aliphatic carbocycles. The molecular weight excluding hydrogens is 246 g/mol. The number of hydrogen-bond acceptors (Lipinski definition) is 5. The van der Waals surface area contributed by atoms with E-state index in [1.807, 2.05) is 6.08 Å². The molecule has 1 heterocycles. The van der Waals surface area contributed by atoms with Crippen molar-refractivity contribution < 1.29 is 14.4 Å². The van der Waals surface area contributed by atoms with Crippen molar-refractivity contribution in [2.75, 3.05) is 6.54 Å². The Balaban J connectivity index is 1.97. The van der Waals surface area contributed by atoms with E-state index in [0.717, 1.165) is 11.9 Å². The number of amides is 2. The maximum absolute atomic E-state index is 11.6. The fourth-order valence-corrected chi connectivity index (χ4v) is 2.30. The van der Waals surface area contributed by atoms with Gasteiger partial charge in [0.15, 0.2) is 0 Å². The molecule has 0 radical (unpaired) electrons. The van der Waals surface area contributed by atoms with Gasteiger partial charge in [-0.2, -0.15) is 0 Å². The Kier molecular flexibility index (Phi) is 4.11. The predicted molar refractivity (Wildman–Crippen MR) is 68.7 cm³/mol. The first-order valence-electron chi connectivity index (χ1n) is 6.29. The lowest BCUT2D eigenvalue weighted by Crippen LogP contribution is -2.51. The second-order valence-electron chi connectivity index (χ2n) is 4.75. The quantitative estimate of drug-likeness (QED) is 0.463. The fraction of sp³-hybridized carbons (Fsp3) is 0.462. The predicted octanol–water partition coefficient (Wildman–Crippen LogP) is -0.631. The zero-order valence-electron chi connectivity index (χ0n) is 10.5. The molecule has 102 valence electrons. The highest BCUT2D eigenvalue weighted by Crippen LogP contribution is 2.21. The molecule has 0 aromatic heterocycles. The molecule has 0 bridgehead atoms. The van der Waals surface area contributed by atoms with E-state index in [1.165, 1.54) is 0 Å². The van der Waals surface area contributed by atoms with Crippen LogP contribution in [0.1, 0.15) is 19.3 Å². The highest BCUT2D eigenvalue weighted by atomic mass is 16.2. The third-order valence-corrected chi connectivity index (χ3v) is 3.45. The number of hydrogen-bond donors (Lipinski definition) is 3. The number of piperidine rings is 1. The summed E-state index contributed by atoms with van der Waals surface area (Å²) in [6.45, 7) is 0.381. The number of allylic oxidation sites excluding steroid dienone is 2. The molecule has 19 heavy (non-hydrogen) atoms. The van der Waals surface area contributed by atoms with Crippen molar-refractivity contribution in [3.63, 3.8) is 0 Å². The van der Waals surface area contributed by atoms with Gasteiger partial charge in [0.1, 0.15) is 6.29 Å². The van der Waals surface area contributed by atoms with Gasteiger partial charge in [-0.3, -0.25) is 14.9 Å². The highest BCUT2D eigenvalue weighted by Gasteiger charge is 2.27. The largest absolute Gasteiger partial charge is 0.399 e. The molecule has 4 N–H and O–H groups in total. The smallest absolute Gasteiger partial charge is 0.243 e. The van der Waals surface area contributed by atoms with Crippen molar-refractivity contribution in [3.05, 3.63) is 23.4 Å². The molecule has 2 rings (SSSR count). The van der Waals surface area contributed by atoms with Crippen molar-refractivity contribution in [3.8, 4) is 0 Å². The van der Waals surface area contributed by atoms with Crippen LogP contribution in [0.5, 0.6) is 0 Å². The summed E-state index contributed by atoms with van der Waals surface area (Å²) in [6.07, 6.45) is 5.95. The van der Waals surface area contributed by atoms with Crippen LogP contribution >= 0.6 is 0 Å². The second-order valence-corrected chi connectivity index (χ2v) is 4.75.